The Hall–Kier alpha value is -2.01. The minimum Gasteiger partial charge on any atom is -0.744 e. The Balaban J connectivity index is 0.000000440. The summed E-state index contributed by atoms with van der Waals surface area (Å²) >= 11 is 0. The fraction of sp³-hybridized carbons (Fsp3) is 0.643. The van der Waals surface area contributed by atoms with Crippen LogP contribution in [0.1, 0.15) is 230 Å². The van der Waals surface area contributed by atoms with Gasteiger partial charge in [-0.15, -0.1) is 0 Å². The first-order valence-electron chi connectivity index (χ1n) is 26.0. The van der Waals surface area contributed by atoms with Gasteiger partial charge in [0.15, 0.2) is 0 Å². The summed E-state index contributed by atoms with van der Waals surface area (Å²) in [6, 6.07) is 19.2. The maximum atomic E-state index is 12.3. The van der Waals surface area contributed by atoms with Gasteiger partial charge in [0, 0.05) is 0 Å². The van der Waals surface area contributed by atoms with Gasteiger partial charge in [-0.25, -0.2) is 16.8 Å². The van der Waals surface area contributed by atoms with E-state index in [1.54, 1.807) is 12.1 Å². The van der Waals surface area contributed by atoms with Crippen molar-refractivity contribution in [2.75, 3.05) is 0 Å². The van der Waals surface area contributed by atoms with Crippen LogP contribution < -0.4 is 0 Å². The summed E-state index contributed by atoms with van der Waals surface area (Å²) in [5.74, 6) is 0. The summed E-state index contributed by atoms with van der Waals surface area (Å²) in [5.41, 5.74) is 3.71. The molecule has 9 heteroatoms. The second kappa shape index (κ2) is 34.3. The molecular formula is C56H86MgO6S2. The SMILES string of the molecule is CCCCCCCCCc1cc2ccccc2c(S(=O)(=O)[O-])c1CCCCCCCCC.CCCCCCCCCc1cc2ccccc2c(S(=O)(=O)[O-])c1CCCCCCCCC.[Mg+2]. The van der Waals surface area contributed by atoms with Gasteiger partial charge in [-0.2, -0.15) is 0 Å². The minimum absolute atomic E-state index is 0. The smallest absolute Gasteiger partial charge is 0.744 e. The van der Waals surface area contributed by atoms with Crippen LogP contribution >= 0.6 is 0 Å². The van der Waals surface area contributed by atoms with Crippen LogP contribution in [0.15, 0.2) is 70.5 Å². The third-order valence-electron chi connectivity index (χ3n) is 13.1. The Bertz CT molecular complexity index is 1960. The predicted octanol–water partition coefficient (Wildman–Crippen LogP) is 16.3. The first-order valence-corrected chi connectivity index (χ1v) is 28.8. The van der Waals surface area contributed by atoms with Crippen molar-refractivity contribution in [3.05, 3.63) is 82.9 Å². The number of aryl methyl sites for hydroxylation is 2. The molecule has 0 aliphatic rings. The fourth-order valence-corrected chi connectivity index (χ4v) is 11.4. The maximum absolute atomic E-state index is 12.3. The molecule has 0 aliphatic heterocycles. The van der Waals surface area contributed by atoms with E-state index in [1.165, 1.54) is 128 Å². The van der Waals surface area contributed by atoms with Gasteiger partial charge in [0.2, 0.25) is 0 Å². The molecule has 0 aromatic heterocycles. The van der Waals surface area contributed by atoms with Crippen molar-refractivity contribution in [1.82, 2.24) is 0 Å². The molecule has 0 unspecified atom stereocenters. The third-order valence-corrected chi connectivity index (χ3v) is 15.0. The molecule has 0 amide bonds. The monoisotopic (exact) mass is 943 g/mol. The summed E-state index contributed by atoms with van der Waals surface area (Å²) in [4.78, 5) is 0.0825. The number of hydrogen-bond donors (Lipinski definition) is 0. The zero-order valence-electron chi connectivity index (χ0n) is 41.4. The van der Waals surface area contributed by atoms with E-state index in [4.69, 9.17) is 0 Å². The molecule has 360 valence electrons. The summed E-state index contributed by atoms with van der Waals surface area (Å²) in [5, 5.41) is 2.90. The van der Waals surface area contributed by atoms with Crippen LogP contribution in [-0.4, -0.2) is 49.0 Å². The Labute approximate surface area is 414 Å². The van der Waals surface area contributed by atoms with E-state index in [1.807, 2.05) is 36.4 Å². The third kappa shape index (κ3) is 22.3. The Morgan fingerprint density at radius 1 is 0.354 bits per heavy atom. The number of rotatable bonds is 34. The van der Waals surface area contributed by atoms with Crippen LogP contribution in [0.3, 0.4) is 0 Å². The van der Waals surface area contributed by atoms with Crippen molar-refractivity contribution in [3.8, 4) is 0 Å². The quantitative estimate of drug-likeness (QED) is 0.0262. The van der Waals surface area contributed by atoms with Gasteiger partial charge in [-0.1, -0.05) is 242 Å². The molecule has 6 nitrogen and oxygen atoms in total. The normalized spacial score (nSPS) is 11.8. The van der Waals surface area contributed by atoms with Crippen LogP contribution in [0, 0.1) is 0 Å². The summed E-state index contributed by atoms with van der Waals surface area (Å²) < 4.78 is 74.1. The van der Waals surface area contributed by atoms with Crippen molar-refractivity contribution < 1.29 is 25.9 Å². The van der Waals surface area contributed by atoms with Crippen molar-refractivity contribution in [2.24, 2.45) is 0 Å². The fourth-order valence-electron chi connectivity index (χ4n) is 9.45. The molecule has 0 spiro atoms. The van der Waals surface area contributed by atoms with Crippen molar-refractivity contribution in [1.29, 1.82) is 0 Å². The minimum atomic E-state index is -4.53. The van der Waals surface area contributed by atoms with Gasteiger partial charge in [0.25, 0.3) is 0 Å². The molecule has 65 heavy (non-hydrogen) atoms. The number of fused-ring (bicyclic) bond motifs is 2. The van der Waals surface area contributed by atoms with Crippen LogP contribution in [0.5, 0.6) is 0 Å². The van der Waals surface area contributed by atoms with Crippen molar-refractivity contribution in [2.45, 2.75) is 243 Å². The molecule has 0 aliphatic carbocycles. The van der Waals surface area contributed by atoms with E-state index in [-0.39, 0.29) is 32.8 Å². The van der Waals surface area contributed by atoms with E-state index in [9.17, 15) is 25.9 Å². The summed E-state index contributed by atoms with van der Waals surface area (Å²) in [6.07, 6.45) is 36.7. The van der Waals surface area contributed by atoms with Crippen LogP contribution in [0.25, 0.3) is 21.5 Å². The van der Waals surface area contributed by atoms with Gasteiger partial charge >= 0.3 is 23.1 Å². The standard InChI is InChI=1S/2C28H44O3S.Mg/c2*1-3-5-7-9-11-13-15-19-24-23-25-20-17-18-22-27(25)28(32(29,30)31)26(24)21-16-14-12-10-8-6-4-2;/h2*17-18,20,22-23H,3-16,19,21H2,1-2H3,(H,29,30,31);/q;;+2/p-2. The van der Waals surface area contributed by atoms with Gasteiger partial charge in [0.05, 0.1) is 9.79 Å². The molecule has 0 saturated carbocycles. The molecule has 0 atom stereocenters. The molecule has 0 heterocycles. The van der Waals surface area contributed by atoms with E-state index >= 15 is 0 Å². The van der Waals surface area contributed by atoms with E-state index < -0.39 is 20.2 Å². The topological polar surface area (TPSA) is 114 Å². The predicted molar refractivity (Wildman–Crippen MR) is 276 cm³/mol. The Kier molecular flexibility index (Phi) is 31.2. The van der Waals surface area contributed by atoms with Crippen LogP contribution in [0.2, 0.25) is 0 Å². The molecule has 0 saturated heterocycles. The van der Waals surface area contributed by atoms with Crippen LogP contribution in [-0.2, 0) is 45.9 Å². The summed E-state index contributed by atoms with van der Waals surface area (Å²) in [7, 11) is -9.07. The maximum Gasteiger partial charge on any atom is 2.00 e. The van der Waals surface area contributed by atoms with E-state index in [2.05, 4.69) is 39.8 Å². The molecule has 0 N–H and O–H groups in total. The largest absolute Gasteiger partial charge is 2.00 e. The summed E-state index contributed by atoms with van der Waals surface area (Å²) in [6.45, 7) is 8.90. The molecule has 0 bridgehead atoms. The molecule has 4 aromatic carbocycles. The Morgan fingerprint density at radius 2 is 0.600 bits per heavy atom. The van der Waals surface area contributed by atoms with Crippen molar-refractivity contribution >= 4 is 64.8 Å². The average molecular weight is 944 g/mol. The number of hydrogen-bond acceptors (Lipinski definition) is 6. The molecule has 4 aromatic rings. The first-order chi connectivity index (χ1) is 31.0. The van der Waals surface area contributed by atoms with E-state index in [0.29, 0.717) is 23.6 Å². The van der Waals surface area contributed by atoms with Crippen LogP contribution in [0.4, 0.5) is 0 Å². The first kappa shape index (κ1) is 59.1. The molecule has 4 rings (SSSR count). The Morgan fingerprint density at radius 3 is 0.877 bits per heavy atom. The second-order valence-electron chi connectivity index (χ2n) is 18.5. The van der Waals surface area contributed by atoms with Gasteiger partial charge in [-0.05, 0) is 95.2 Å². The number of benzene rings is 4. The zero-order valence-corrected chi connectivity index (χ0v) is 44.4. The van der Waals surface area contributed by atoms with Gasteiger partial charge in [0.1, 0.15) is 20.2 Å². The second-order valence-corrected chi connectivity index (χ2v) is 21.2. The molecular weight excluding hydrogens is 857 g/mol. The van der Waals surface area contributed by atoms with Gasteiger partial charge in [-0.3, -0.25) is 0 Å². The molecule has 0 fully saturated rings. The molecule has 0 radical (unpaired) electrons. The van der Waals surface area contributed by atoms with Crippen molar-refractivity contribution in [3.63, 3.8) is 0 Å². The number of unbranched alkanes of at least 4 members (excludes halogenated alkanes) is 24. The average Bonchev–Trinajstić information content (AvgIpc) is 3.27. The van der Waals surface area contributed by atoms with Gasteiger partial charge < -0.3 is 9.11 Å². The zero-order chi connectivity index (χ0) is 46.5. The van der Waals surface area contributed by atoms with E-state index in [0.717, 1.165) is 97.2 Å².